The quantitative estimate of drug-likeness (QED) is 0.210. The van der Waals surface area contributed by atoms with Gasteiger partial charge in [-0.05, 0) is 93.3 Å². The zero-order valence-electron chi connectivity index (χ0n) is 36.3. The summed E-state index contributed by atoms with van der Waals surface area (Å²) in [5.41, 5.74) is -3.93. The van der Waals surface area contributed by atoms with E-state index in [-0.39, 0.29) is 37.3 Å². The SMILES string of the molecule is CC[C@H]1OC(=O)[C@H](C)[C@@H](O[C@H]2C[C@@](C)(O)[C@@H](O)[C@H](C)O2)[C@H](C)[C@@H](O[C@@H]2O[C@H](C)C[C@H](N(C)Cc3ccccc3)[C@H]2O)[C@](C)(O)C[C@@H](C)CN(C)[C@H](C)[C@@H](O)[C@]1(C)O. The maximum absolute atomic E-state index is 14.3. The lowest BCUT2D eigenvalue weighted by molar-refractivity contribution is -0.317. The first-order chi connectivity index (χ1) is 26.4. The number of hydrogen-bond acceptors (Lipinski definition) is 14. The molecular formula is C43H74N2O12. The van der Waals surface area contributed by atoms with E-state index < -0.39 is 96.0 Å². The Bertz CT molecular complexity index is 1420. The topological polar surface area (TPSA) is 191 Å². The Kier molecular flexibility index (Phi) is 16.2. The summed E-state index contributed by atoms with van der Waals surface area (Å²) in [5.74, 6) is -2.78. The van der Waals surface area contributed by atoms with E-state index in [4.69, 9.17) is 23.7 Å². The van der Waals surface area contributed by atoms with Crippen LogP contribution < -0.4 is 0 Å². The van der Waals surface area contributed by atoms with Crippen LogP contribution in [-0.2, 0) is 35.0 Å². The zero-order valence-corrected chi connectivity index (χ0v) is 36.3. The summed E-state index contributed by atoms with van der Waals surface area (Å²) in [7, 11) is 3.78. The number of carbonyl (C=O) groups excluding carboxylic acids is 1. The molecular weight excluding hydrogens is 736 g/mol. The molecule has 18 atom stereocenters. The largest absolute Gasteiger partial charge is 0.459 e. The van der Waals surface area contributed by atoms with Crippen molar-refractivity contribution >= 4 is 5.97 Å². The van der Waals surface area contributed by atoms with Crippen molar-refractivity contribution in [2.45, 2.75) is 192 Å². The molecule has 0 aromatic heterocycles. The fourth-order valence-corrected chi connectivity index (χ4v) is 9.46. The van der Waals surface area contributed by atoms with Crippen LogP contribution >= 0.6 is 0 Å². The number of aliphatic hydroxyl groups excluding tert-OH is 3. The van der Waals surface area contributed by atoms with Crippen molar-refractivity contribution in [2.75, 3.05) is 20.6 Å². The Balaban J connectivity index is 1.78. The van der Waals surface area contributed by atoms with E-state index in [1.54, 1.807) is 41.5 Å². The van der Waals surface area contributed by atoms with Gasteiger partial charge in [-0.15, -0.1) is 0 Å². The Morgan fingerprint density at radius 3 is 2.12 bits per heavy atom. The summed E-state index contributed by atoms with van der Waals surface area (Å²) in [6, 6.07) is 9.05. The van der Waals surface area contributed by atoms with E-state index in [9.17, 15) is 35.4 Å². The number of ether oxygens (including phenoxy) is 5. The van der Waals surface area contributed by atoms with Gasteiger partial charge in [0.2, 0.25) is 0 Å². The van der Waals surface area contributed by atoms with Crippen molar-refractivity contribution in [3.05, 3.63) is 35.9 Å². The molecule has 1 aromatic carbocycles. The van der Waals surface area contributed by atoms with Crippen LogP contribution in [0.2, 0.25) is 0 Å². The minimum absolute atomic E-state index is 0.122. The number of hydrogen-bond donors (Lipinski definition) is 6. The van der Waals surface area contributed by atoms with Crippen LogP contribution in [0, 0.1) is 17.8 Å². The van der Waals surface area contributed by atoms with Gasteiger partial charge in [0.1, 0.15) is 30.0 Å². The van der Waals surface area contributed by atoms with Gasteiger partial charge < -0.3 is 59.2 Å². The fourth-order valence-electron chi connectivity index (χ4n) is 9.46. The van der Waals surface area contributed by atoms with Gasteiger partial charge in [-0.25, -0.2) is 0 Å². The second-order valence-electron chi connectivity index (χ2n) is 18.4. The van der Waals surface area contributed by atoms with Crippen LogP contribution in [0.25, 0.3) is 0 Å². The molecule has 0 saturated carbocycles. The van der Waals surface area contributed by atoms with E-state index in [1.807, 2.05) is 63.2 Å². The van der Waals surface area contributed by atoms with Gasteiger partial charge in [0.15, 0.2) is 12.6 Å². The first-order valence-electron chi connectivity index (χ1n) is 20.9. The number of carbonyl (C=O) groups is 1. The predicted molar refractivity (Wildman–Crippen MR) is 214 cm³/mol. The lowest BCUT2D eigenvalue weighted by Gasteiger charge is -2.48. The molecule has 3 aliphatic rings. The van der Waals surface area contributed by atoms with Crippen LogP contribution in [0.1, 0.15) is 100 Å². The Labute approximate surface area is 340 Å². The van der Waals surface area contributed by atoms with Crippen molar-refractivity contribution in [3.63, 3.8) is 0 Å². The summed E-state index contributed by atoms with van der Waals surface area (Å²) < 4.78 is 31.9. The summed E-state index contributed by atoms with van der Waals surface area (Å²) in [6.07, 6.45) is -9.47. The van der Waals surface area contributed by atoms with E-state index in [2.05, 4.69) is 4.90 Å². The minimum atomic E-state index is -1.83. The molecule has 0 spiro atoms. The molecule has 3 saturated heterocycles. The molecule has 1 aromatic rings. The fraction of sp³-hybridized carbons (Fsp3) is 0.837. The van der Waals surface area contributed by atoms with Crippen molar-refractivity contribution in [1.82, 2.24) is 9.80 Å². The predicted octanol–water partition coefficient (Wildman–Crippen LogP) is 2.82. The van der Waals surface area contributed by atoms with Crippen molar-refractivity contribution in [1.29, 1.82) is 0 Å². The zero-order chi connectivity index (χ0) is 42.8. The Hall–Kier alpha value is -1.79. The number of nitrogens with zero attached hydrogens (tertiary/aromatic N) is 2. The van der Waals surface area contributed by atoms with Crippen molar-refractivity contribution in [3.8, 4) is 0 Å². The molecule has 0 radical (unpaired) electrons. The number of likely N-dealkylation sites (N-methyl/N-ethyl adjacent to an activating group) is 2. The highest BCUT2D eigenvalue weighted by atomic mass is 16.7. The molecule has 4 rings (SSSR count). The van der Waals surface area contributed by atoms with Crippen molar-refractivity contribution in [2.24, 2.45) is 17.8 Å². The second kappa shape index (κ2) is 19.3. The molecule has 6 N–H and O–H groups in total. The Morgan fingerprint density at radius 2 is 1.53 bits per heavy atom. The lowest BCUT2D eigenvalue weighted by atomic mass is 9.77. The van der Waals surface area contributed by atoms with Crippen LogP contribution in [0.5, 0.6) is 0 Å². The van der Waals surface area contributed by atoms with Crippen LogP contribution in [0.3, 0.4) is 0 Å². The highest BCUT2D eigenvalue weighted by molar-refractivity contribution is 5.73. The summed E-state index contributed by atoms with van der Waals surface area (Å²) in [6.45, 7) is 18.1. The maximum Gasteiger partial charge on any atom is 0.311 e. The van der Waals surface area contributed by atoms with Gasteiger partial charge >= 0.3 is 5.97 Å². The van der Waals surface area contributed by atoms with E-state index in [0.717, 1.165) is 5.56 Å². The van der Waals surface area contributed by atoms with Gasteiger partial charge in [-0.1, -0.05) is 51.1 Å². The standard InChI is InChI=1S/C43H74N2O12/c1-13-32-43(10,52)36(47)28(6)44(11)22-24(2)20-42(9,51)38(57-40-34(46)31(19-25(3)53-40)45(12)23-30-17-15-14-16-18-30)26(4)35(27(5)39(49)55-32)56-33-21-41(8,50)37(48)29(7)54-33/h14-18,24-29,31-38,40,46-48,50-52H,13,19-23H2,1-12H3/t24-,25-,26+,27-,28-,29+,31+,32-,33+,34-,35+,36-,37+,38-,40+,41-,42-,43-/m1/s1. The number of cyclic esters (lactones) is 1. The van der Waals surface area contributed by atoms with Gasteiger partial charge in [-0.2, -0.15) is 0 Å². The molecule has 3 aliphatic heterocycles. The monoisotopic (exact) mass is 811 g/mol. The molecule has 14 heteroatoms. The first kappa shape index (κ1) is 47.9. The molecule has 0 unspecified atom stereocenters. The van der Waals surface area contributed by atoms with E-state index in [0.29, 0.717) is 19.5 Å². The number of benzene rings is 1. The average molecular weight is 811 g/mol. The van der Waals surface area contributed by atoms with Crippen LogP contribution in [0.15, 0.2) is 30.3 Å². The minimum Gasteiger partial charge on any atom is -0.459 e. The molecule has 14 nitrogen and oxygen atoms in total. The van der Waals surface area contributed by atoms with Gasteiger partial charge in [-0.3, -0.25) is 9.69 Å². The first-order valence-corrected chi connectivity index (χ1v) is 20.9. The van der Waals surface area contributed by atoms with Gasteiger partial charge in [0.05, 0.1) is 41.5 Å². The summed E-state index contributed by atoms with van der Waals surface area (Å²) in [5, 5.41) is 69.7. The summed E-state index contributed by atoms with van der Waals surface area (Å²) in [4.78, 5) is 18.3. The number of rotatable bonds is 8. The molecule has 3 fully saturated rings. The molecule has 3 heterocycles. The maximum atomic E-state index is 14.3. The normalized spacial score (nSPS) is 46.2. The third kappa shape index (κ3) is 11.3. The molecule has 0 amide bonds. The molecule has 0 aliphatic carbocycles. The highest BCUT2D eigenvalue weighted by Gasteiger charge is 2.52. The van der Waals surface area contributed by atoms with Gasteiger partial charge in [0.25, 0.3) is 0 Å². The van der Waals surface area contributed by atoms with Crippen molar-refractivity contribution < 1.29 is 59.1 Å². The van der Waals surface area contributed by atoms with E-state index in [1.165, 1.54) is 13.8 Å². The lowest BCUT2D eigenvalue weighted by Crippen LogP contribution is -2.60. The third-order valence-corrected chi connectivity index (χ3v) is 12.9. The molecule has 0 bridgehead atoms. The molecule has 57 heavy (non-hydrogen) atoms. The molecule has 328 valence electrons. The Morgan fingerprint density at radius 1 is 0.895 bits per heavy atom. The number of aliphatic hydroxyl groups is 6. The van der Waals surface area contributed by atoms with E-state index >= 15 is 0 Å². The smallest absolute Gasteiger partial charge is 0.311 e. The van der Waals surface area contributed by atoms with Gasteiger partial charge in [0, 0.05) is 37.5 Å². The number of esters is 1. The highest BCUT2D eigenvalue weighted by Crippen LogP contribution is 2.40. The summed E-state index contributed by atoms with van der Waals surface area (Å²) >= 11 is 0. The van der Waals surface area contributed by atoms with Crippen LogP contribution in [-0.4, -0.2) is 157 Å². The third-order valence-electron chi connectivity index (χ3n) is 12.9. The van der Waals surface area contributed by atoms with Crippen LogP contribution in [0.4, 0.5) is 0 Å². The average Bonchev–Trinajstić information content (AvgIpc) is 3.13. The second-order valence-corrected chi connectivity index (χ2v) is 18.4.